The Morgan fingerprint density at radius 2 is 2.00 bits per heavy atom. The first-order valence-corrected chi connectivity index (χ1v) is 8.92. The molecule has 0 unspecified atom stereocenters. The normalized spacial score (nSPS) is 20.3. The molecule has 1 aromatic rings. The molecule has 0 bridgehead atoms. The number of carbonyl (C=O) groups is 2. The number of fused-ring (bicyclic) bond motifs is 1. The van der Waals surface area contributed by atoms with Crippen LogP contribution in [-0.2, 0) is 16.1 Å². The summed E-state index contributed by atoms with van der Waals surface area (Å²) >= 11 is 0. The highest BCUT2D eigenvalue weighted by molar-refractivity contribution is 5.81. The van der Waals surface area contributed by atoms with Crippen LogP contribution in [0.4, 0.5) is 5.69 Å². The van der Waals surface area contributed by atoms with E-state index in [1.807, 2.05) is 17.0 Å². The standard InChI is InChI=1S/C19H27N3O2/c1-14-12-21(2)17-7-4-3-6-16(17)13-22(14)18(23)8-5-11-20-19(24)15-9-10-15/h3-4,6-7,14-15H,5,8-13H2,1-2H3,(H,20,24)/t14-/m1/s1. The number of benzene rings is 1. The van der Waals surface area contributed by atoms with E-state index in [1.165, 1.54) is 11.3 Å². The van der Waals surface area contributed by atoms with Gasteiger partial charge in [-0.2, -0.15) is 0 Å². The Balaban J connectivity index is 1.54. The average molecular weight is 329 g/mol. The minimum Gasteiger partial charge on any atom is -0.372 e. The predicted molar refractivity (Wildman–Crippen MR) is 94.7 cm³/mol. The molecule has 0 saturated heterocycles. The largest absolute Gasteiger partial charge is 0.372 e. The molecule has 1 saturated carbocycles. The van der Waals surface area contributed by atoms with Gasteiger partial charge in [0.2, 0.25) is 11.8 Å². The third-order valence-electron chi connectivity index (χ3n) is 4.95. The van der Waals surface area contributed by atoms with Crippen LogP contribution in [0.3, 0.4) is 0 Å². The first-order valence-electron chi connectivity index (χ1n) is 8.92. The molecule has 1 aromatic carbocycles. The van der Waals surface area contributed by atoms with Crippen LogP contribution in [0.25, 0.3) is 0 Å². The SMILES string of the molecule is C[C@@H]1CN(C)c2ccccc2CN1C(=O)CCCNC(=O)C1CC1. The van der Waals surface area contributed by atoms with E-state index in [9.17, 15) is 9.59 Å². The first kappa shape index (κ1) is 16.8. The van der Waals surface area contributed by atoms with E-state index in [-0.39, 0.29) is 23.8 Å². The van der Waals surface area contributed by atoms with Gasteiger partial charge in [0.05, 0.1) is 0 Å². The summed E-state index contributed by atoms with van der Waals surface area (Å²) < 4.78 is 0. The number of hydrogen-bond acceptors (Lipinski definition) is 3. The summed E-state index contributed by atoms with van der Waals surface area (Å²) in [6, 6.07) is 8.46. The Bertz CT molecular complexity index is 612. The molecule has 1 N–H and O–H groups in total. The first-order chi connectivity index (χ1) is 11.6. The molecule has 24 heavy (non-hydrogen) atoms. The smallest absolute Gasteiger partial charge is 0.223 e. The van der Waals surface area contributed by atoms with Crippen molar-refractivity contribution in [2.75, 3.05) is 25.0 Å². The number of nitrogens with one attached hydrogen (secondary N) is 1. The maximum atomic E-state index is 12.7. The second kappa shape index (κ2) is 7.24. The third kappa shape index (κ3) is 3.89. The maximum Gasteiger partial charge on any atom is 0.223 e. The van der Waals surface area contributed by atoms with Crippen LogP contribution < -0.4 is 10.2 Å². The van der Waals surface area contributed by atoms with E-state index in [4.69, 9.17) is 0 Å². The highest BCUT2D eigenvalue weighted by Crippen LogP contribution is 2.29. The second-order valence-electron chi connectivity index (χ2n) is 7.05. The molecule has 1 heterocycles. The van der Waals surface area contributed by atoms with E-state index in [1.54, 1.807) is 0 Å². The monoisotopic (exact) mass is 329 g/mol. The van der Waals surface area contributed by atoms with Crippen molar-refractivity contribution < 1.29 is 9.59 Å². The highest BCUT2D eigenvalue weighted by Gasteiger charge is 2.29. The minimum atomic E-state index is 0.154. The van der Waals surface area contributed by atoms with Crippen LogP contribution in [-0.4, -0.2) is 42.9 Å². The molecule has 5 nitrogen and oxygen atoms in total. The summed E-state index contributed by atoms with van der Waals surface area (Å²) in [5.74, 6) is 0.563. The molecule has 2 aliphatic rings. The van der Waals surface area contributed by atoms with E-state index < -0.39 is 0 Å². The van der Waals surface area contributed by atoms with Crippen LogP contribution in [0.5, 0.6) is 0 Å². The van der Waals surface area contributed by atoms with Gasteiger partial charge in [-0.25, -0.2) is 0 Å². The van der Waals surface area contributed by atoms with Gasteiger partial charge in [0.1, 0.15) is 0 Å². The summed E-state index contributed by atoms with van der Waals surface area (Å²) in [6.45, 7) is 4.20. The molecule has 3 rings (SSSR count). The second-order valence-corrected chi connectivity index (χ2v) is 7.05. The van der Waals surface area contributed by atoms with Crippen molar-refractivity contribution in [3.63, 3.8) is 0 Å². The summed E-state index contributed by atoms with van der Waals surface area (Å²) in [4.78, 5) is 28.5. The van der Waals surface area contributed by atoms with Crippen molar-refractivity contribution in [1.29, 1.82) is 0 Å². The van der Waals surface area contributed by atoms with Crippen molar-refractivity contribution in [2.24, 2.45) is 5.92 Å². The Morgan fingerprint density at radius 1 is 1.25 bits per heavy atom. The lowest BCUT2D eigenvalue weighted by Gasteiger charge is -2.28. The summed E-state index contributed by atoms with van der Waals surface area (Å²) in [7, 11) is 2.08. The van der Waals surface area contributed by atoms with Crippen LogP contribution >= 0.6 is 0 Å². The Kier molecular flexibility index (Phi) is 5.07. The molecular weight excluding hydrogens is 302 g/mol. The van der Waals surface area contributed by atoms with Gasteiger partial charge in [-0.05, 0) is 37.8 Å². The topological polar surface area (TPSA) is 52.6 Å². The van der Waals surface area contributed by atoms with Gasteiger partial charge >= 0.3 is 0 Å². The Labute approximate surface area is 144 Å². The zero-order chi connectivity index (χ0) is 17.1. The van der Waals surface area contributed by atoms with E-state index in [0.717, 1.165) is 19.4 Å². The number of rotatable bonds is 5. The van der Waals surface area contributed by atoms with Crippen LogP contribution in [0.15, 0.2) is 24.3 Å². The minimum absolute atomic E-state index is 0.154. The van der Waals surface area contributed by atoms with Gasteiger partial charge in [-0.3, -0.25) is 9.59 Å². The molecule has 0 radical (unpaired) electrons. The number of hydrogen-bond donors (Lipinski definition) is 1. The number of amides is 2. The number of anilines is 1. The number of nitrogens with zero attached hydrogens (tertiary/aromatic N) is 2. The lowest BCUT2D eigenvalue weighted by atomic mass is 10.1. The molecule has 0 spiro atoms. The highest BCUT2D eigenvalue weighted by atomic mass is 16.2. The Morgan fingerprint density at radius 3 is 2.75 bits per heavy atom. The van der Waals surface area contributed by atoms with E-state index in [0.29, 0.717) is 25.9 Å². The molecule has 1 aliphatic heterocycles. The molecule has 130 valence electrons. The van der Waals surface area contributed by atoms with Crippen molar-refractivity contribution in [1.82, 2.24) is 10.2 Å². The fourth-order valence-electron chi connectivity index (χ4n) is 3.37. The average Bonchev–Trinajstić information content (AvgIpc) is 3.41. The van der Waals surface area contributed by atoms with Gasteiger partial charge in [0.15, 0.2) is 0 Å². The molecule has 1 aliphatic carbocycles. The fourth-order valence-corrected chi connectivity index (χ4v) is 3.37. The number of carbonyl (C=O) groups excluding carboxylic acids is 2. The third-order valence-corrected chi connectivity index (χ3v) is 4.95. The zero-order valence-corrected chi connectivity index (χ0v) is 14.6. The molecule has 5 heteroatoms. The molecule has 1 atom stereocenters. The van der Waals surface area contributed by atoms with Crippen molar-refractivity contribution in [2.45, 2.75) is 45.2 Å². The van der Waals surface area contributed by atoms with Crippen molar-refractivity contribution in [3.05, 3.63) is 29.8 Å². The van der Waals surface area contributed by atoms with Crippen molar-refractivity contribution >= 4 is 17.5 Å². The fraction of sp³-hybridized carbons (Fsp3) is 0.579. The molecule has 0 aromatic heterocycles. The van der Waals surface area contributed by atoms with Gasteiger partial charge in [-0.15, -0.1) is 0 Å². The molecular formula is C19H27N3O2. The van der Waals surface area contributed by atoms with E-state index >= 15 is 0 Å². The van der Waals surface area contributed by atoms with Gasteiger partial charge in [0, 0.05) is 50.7 Å². The molecule has 1 fully saturated rings. The summed E-state index contributed by atoms with van der Waals surface area (Å²) in [5, 5.41) is 2.93. The summed E-state index contributed by atoms with van der Waals surface area (Å²) in [5.41, 5.74) is 2.40. The maximum absolute atomic E-state index is 12.7. The van der Waals surface area contributed by atoms with E-state index in [2.05, 4.69) is 36.3 Å². The lowest BCUT2D eigenvalue weighted by Crippen LogP contribution is -2.42. The van der Waals surface area contributed by atoms with Gasteiger partial charge in [0.25, 0.3) is 0 Å². The molecule has 2 amide bonds. The van der Waals surface area contributed by atoms with Crippen molar-refractivity contribution in [3.8, 4) is 0 Å². The number of likely N-dealkylation sites (N-methyl/N-ethyl adjacent to an activating group) is 1. The predicted octanol–water partition coefficient (Wildman–Crippen LogP) is 2.16. The van der Waals surface area contributed by atoms with Crippen LogP contribution in [0.1, 0.15) is 38.2 Å². The Hall–Kier alpha value is -2.04. The van der Waals surface area contributed by atoms with Crippen LogP contribution in [0.2, 0.25) is 0 Å². The quantitative estimate of drug-likeness (QED) is 0.842. The van der Waals surface area contributed by atoms with Gasteiger partial charge < -0.3 is 15.1 Å². The zero-order valence-electron chi connectivity index (χ0n) is 14.6. The van der Waals surface area contributed by atoms with Crippen LogP contribution in [0, 0.1) is 5.92 Å². The van der Waals surface area contributed by atoms with Gasteiger partial charge in [-0.1, -0.05) is 18.2 Å². The summed E-state index contributed by atoms with van der Waals surface area (Å²) in [6.07, 6.45) is 3.23. The lowest BCUT2D eigenvalue weighted by molar-refractivity contribution is -0.134. The number of para-hydroxylation sites is 1.